The molecule has 1 rings (SSSR count). The first-order valence-electron chi connectivity index (χ1n) is 5.49. The molecule has 0 fully saturated rings. The number of aliphatic carboxylic acids is 1. The van der Waals surface area contributed by atoms with Crippen LogP contribution in [0.4, 0.5) is 10.7 Å². The van der Waals surface area contributed by atoms with Gasteiger partial charge in [0.25, 0.3) is 0 Å². The van der Waals surface area contributed by atoms with Crippen molar-refractivity contribution in [1.82, 2.24) is 9.97 Å². The zero-order valence-corrected chi connectivity index (χ0v) is 10.9. The van der Waals surface area contributed by atoms with Crippen LogP contribution in [-0.4, -0.2) is 32.7 Å². The van der Waals surface area contributed by atoms with E-state index in [1.54, 1.807) is 20.8 Å². The molecule has 0 aliphatic rings. The molecular formula is C11H16N4O4. The molecule has 8 heteroatoms. The van der Waals surface area contributed by atoms with Crippen molar-refractivity contribution in [2.75, 3.05) is 5.32 Å². The lowest BCUT2D eigenvalue weighted by Crippen LogP contribution is -2.28. The van der Waals surface area contributed by atoms with Gasteiger partial charge in [0.15, 0.2) is 0 Å². The summed E-state index contributed by atoms with van der Waals surface area (Å²) in [5.41, 5.74) is 4.99. The van der Waals surface area contributed by atoms with Gasteiger partial charge in [-0.25, -0.2) is 14.8 Å². The summed E-state index contributed by atoms with van der Waals surface area (Å²) in [7, 11) is 0. The van der Waals surface area contributed by atoms with Gasteiger partial charge >= 0.3 is 12.1 Å². The molecule has 0 radical (unpaired) electrons. The first-order chi connectivity index (χ1) is 8.69. The maximum atomic E-state index is 11.4. The van der Waals surface area contributed by atoms with E-state index in [2.05, 4.69) is 15.3 Å². The molecule has 4 N–H and O–H groups in total. The summed E-state index contributed by atoms with van der Waals surface area (Å²) < 4.78 is 5.01. The topological polar surface area (TPSA) is 127 Å². The number of carbonyl (C=O) groups is 2. The average Bonchev–Trinajstić information content (AvgIpc) is 2.26. The minimum absolute atomic E-state index is 0.00980. The van der Waals surface area contributed by atoms with Crippen LogP contribution < -0.4 is 11.1 Å². The van der Waals surface area contributed by atoms with Gasteiger partial charge in [-0.3, -0.25) is 10.1 Å². The molecule has 1 heterocycles. The van der Waals surface area contributed by atoms with Crippen molar-refractivity contribution in [2.45, 2.75) is 32.4 Å². The zero-order valence-electron chi connectivity index (χ0n) is 10.9. The lowest BCUT2D eigenvalue weighted by atomic mass is 10.2. The lowest BCUT2D eigenvalue weighted by molar-refractivity contribution is -0.138. The number of nitrogens with zero attached hydrogens (tertiary/aromatic N) is 2. The maximum absolute atomic E-state index is 11.4. The Labute approximate surface area is 110 Å². The van der Waals surface area contributed by atoms with Crippen LogP contribution in [0.15, 0.2) is 12.4 Å². The molecule has 19 heavy (non-hydrogen) atoms. The summed E-state index contributed by atoms with van der Waals surface area (Å²) in [5.74, 6) is -1.17. The number of aromatic nitrogens is 2. The van der Waals surface area contributed by atoms with Gasteiger partial charge in [0, 0.05) is 18.0 Å². The molecule has 1 amide bonds. The number of hydrogen-bond acceptors (Lipinski definition) is 6. The first kappa shape index (κ1) is 14.8. The number of ether oxygens (including phenoxy) is 1. The fraction of sp³-hybridized carbons (Fsp3) is 0.455. The molecule has 0 aliphatic carbocycles. The summed E-state index contributed by atoms with van der Waals surface area (Å²) in [5, 5.41) is 11.0. The van der Waals surface area contributed by atoms with Crippen molar-refractivity contribution in [2.24, 2.45) is 5.73 Å². The molecule has 1 atom stereocenters. The van der Waals surface area contributed by atoms with Crippen LogP contribution in [0.1, 0.15) is 32.4 Å². The number of carboxylic acid groups (broad SMARTS) is 1. The molecule has 0 saturated heterocycles. The normalized spacial score (nSPS) is 12.6. The largest absolute Gasteiger partial charge is 0.480 e. The van der Waals surface area contributed by atoms with E-state index < -0.39 is 23.7 Å². The Morgan fingerprint density at radius 2 is 1.89 bits per heavy atom. The summed E-state index contributed by atoms with van der Waals surface area (Å²) in [6.45, 7) is 5.17. The second-order valence-electron chi connectivity index (χ2n) is 4.78. The Bertz CT molecular complexity index is 467. The van der Waals surface area contributed by atoms with Gasteiger partial charge in [-0.1, -0.05) is 0 Å². The maximum Gasteiger partial charge on any atom is 0.414 e. The van der Waals surface area contributed by atoms with E-state index in [1.165, 1.54) is 12.4 Å². The second-order valence-corrected chi connectivity index (χ2v) is 4.78. The number of anilines is 1. The summed E-state index contributed by atoms with van der Waals surface area (Å²) in [6, 6.07) is -1.20. The standard InChI is InChI=1S/C11H16N4O4/c1-11(2,3)19-10(18)15-9-13-4-6(5-14-9)7(12)8(16)17/h4-5,7H,12H2,1-3H3,(H,16,17)(H,13,14,15,18). The number of carboxylic acids is 1. The van der Waals surface area contributed by atoms with Crippen LogP contribution >= 0.6 is 0 Å². The molecule has 1 aromatic heterocycles. The quantitative estimate of drug-likeness (QED) is 0.743. The van der Waals surface area contributed by atoms with Gasteiger partial charge in [0.05, 0.1) is 0 Å². The van der Waals surface area contributed by atoms with E-state index in [-0.39, 0.29) is 11.5 Å². The fourth-order valence-corrected chi connectivity index (χ4v) is 1.10. The predicted octanol–water partition coefficient (Wildman–Crippen LogP) is 0.908. The van der Waals surface area contributed by atoms with Crippen LogP contribution in [0.3, 0.4) is 0 Å². The highest BCUT2D eigenvalue weighted by molar-refractivity contribution is 5.82. The highest BCUT2D eigenvalue weighted by atomic mass is 16.6. The molecule has 8 nitrogen and oxygen atoms in total. The van der Waals surface area contributed by atoms with Crippen molar-refractivity contribution >= 4 is 18.0 Å². The molecule has 1 aromatic rings. The molecule has 0 aliphatic heterocycles. The average molecular weight is 268 g/mol. The Morgan fingerprint density at radius 1 is 1.37 bits per heavy atom. The number of nitrogens with one attached hydrogen (secondary N) is 1. The third-order valence-electron chi connectivity index (χ3n) is 1.91. The number of nitrogens with two attached hydrogens (primary N) is 1. The van der Waals surface area contributed by atoms with Crippen molar-refractivity contribution in [1.29, 1.82) is 0 Å². The van der Waals surface area contributed by atoms with Gasteiger partial charge in [-0.15, -0.1) is 0 Å². The molecule has 0 bridgehead atoms. The first-order valence-corrected chi connectivity index (χ1v) is 5.49. The van der Waals surface area contributed by atoms with E-state index in [9.17, 15) is 9.59 Å². The third-order valence-corrected chi connectivity index (χ3v) is 1.91. The van der Waals surface area contributed by atoms with E-state index >= 15 is 0 Å². The monoisotopic (exact) mass is 268 g/mol. The SMILES string of the molecule is CC(C)(C)OC(=O)Nc1ncc(C(N)C(=O)O)cn1. The van der Waals surface area contributed by atoms with Crippen LogP contribution in [0.5, 0.6) is 0 Å². The molecule has 104 valence electrons. The Morgan fingerprint density at radius 3 is 2.32 bits per heavy atom. The highest BCUT2D eigenvalue weighted by Crippen LogP contribution is 2.11. The number of carbonyl (C=O) groups excluding carboxylic acids is 1. The van der Waals surface area contributed by atoms with Crippen LogP contribution in [-0.2, 0) is 9.53 Å². The van der Waals surface area contributed by atoms with Crippen LogP contribution in [0.25, 0.3) is 0 Å². The van der Waals surface area contributed by atoms with Gasteiger partial charge in [0.2, 0.25) is 5.95 Å². The summed E-state index contributed by atoms with van der Waals surface area (Å²) in [6.07, 6.45) is 1.78. The fourth-order valence-electron chi connectivity index (χ4n) is 1.10. The van der Waals surface area contributed by atoms with Gasteiger partial charge in [0.1, 0.15) is 11.6 Å². The third kappa shape index (κ3) is 4.88. The van der Waals surface area contributed by atoms with Crippen molar-refractivity contribution in [3.63, 3.8) is 0 Å². The summed E-state index contributed by atoms with van der Waals surface area (Å²) >= 11 is 0. The lowest BCUT2D eigenvalue weighted by Gasteiger charge is -2.19. The second kappa shape index (κ2) is 5.61. The van der Waals surface area contributed by atoms with Gasteiger partial charge in [-0.05, 0) is 20.8 Å². The van der Waals surface area contributed by atoms with E-state index in [1.807, 2.05) is 0 Å². The van der Waals surface area contributed by atoms with Gasteiger partial charge in [-0.2, -0.15) is 0 Å². The van der Waals surface area contributed by atoms with E-state index in [0.717, 1.165) is 0 Å². The number of hydrogen-bond donors (Lipinski definition) is 3. The molecule has 0 spiro atoms. The molecule has 1 unspecified atom stereocenters. The molecular weight excluding hydrogens is 252 g/mol. The number of amides is 1. The van der Waals surface area contributed by atoms with Crippen molar-refractivity contribution in [3.05, 3.63) is 18.0 Å². The van der Waals surface area contributed by atoms with Crippen LogP contribution in [0, 0.1) is 0 Å². The zero-order chi connectivity index (χ0) is 14.6. The van der Waals surface area contributed by atoms with Crippen molar-refractivity contribution < 1.29 is 19.4 Å². The Balaban J connectivity index is 2.67. The smallest absolute Gasteiger partial charge is 0.414 e. The Kier molecular flexibility index (Phi) is 4.38. The van der Waals surface area contributed by atoms with E-state index in [4.69, 9.17) is 15.6 Å². The van der Waals surface area contributed by atoms with Crippen LogP contribution in [0.2, 0.25) is 0 Å². The predicted molar refractivity (Wildman–Crippen MR) is 66.5 cm³/mol. The molecule has 0 aromatic carbocycles. The minimum Gasteiger partial charge on any atom is -0.480 e. The summed E-state index contributed by atoms with van der Waals surface area (Å²) in [4.78, 5) is 29.6. The molecule has 0 saturated carbocycles. The highest BCUT2D eigenvalue weighted by Gasteiger charge is 2.18. The number of rotatable bonds is 3. The Hall–Kier alpha value is -2.22. The van der Waals surface area contributed by atoms with Crippen molar-refractivity contribution in [3.8, 4) is 0 Å². The minimum atomic E-state index is -1.20. The van der Waals surface area contributed by atoms with E-state index in [0.29, 0.717) is 0 Å². The van der Waals surface area contributed by atoms with Gasteiger partial charge < -0.3 is 15.6 Å².